The second kappa shape index (κ2) is 7.59. The van der Waals surface area contributed by atoms with E-state index in [0.29, 0.717) is 32.8 Å². The Morgan fingerprint density at radius 3 is 2.42 bits per heavy atom. The fraction of sp³-hybridized carbons (Fsp3) is 0.438. The number of aromatic nitrogens is 2. The van der Waals surface area contributed by atoms with Gasteiger partial charge in [0.2, 0.25) is 0 Å². The minimum atomic E-state index is -0.650. The number of rotatable bonds is 6. The van der Waals surface area contributed by atoms with Crippen LogP contribution in [-0.2, 0) is 6.67 Å². The Morgan fingerprint density at radius 2 is 1.83 bits per heavy atom. The lowest BCUT2D eigenvalue weighted by atomic mass is 10.2. The average molecular weight is 338 g/mol. The smallest absolute Gasteiger partial charge is 0.153 e. The lowest BCUT2D eigenvalue weighted by Crippen LogP contribution is -2.47. The van der Waals surface area contributed by atoms with E-state index in [9.17, 15) is 8.78 Å². The van der Waals surface area contributed by atoms with Crippen molar-refractivity contribution in [2.75, 3.05) is 44.3 Å². The summed E-state index contributed by atoms with van der Waals surface area (Å²) >= 11 is 0. The van der Waals surface area contributed by atoms with Crippen molar-refractivity contribution in [3.8, 4) is 5.75 Å². The average Bonchev–Trinajstić information content (AvgIpc) is 3.07. The van der Waals surface area contributed by atoms with Crippen molar-refractivity contribution < 1.29 is 18.6 Å². The van der Waals surface area contributed by atoms with Crippen LogP contribution >= 0.6 is 0 Å². The molecule has 1 aromatic heterocycles. The van der Waals surface area contributed by atoms with Gasteiger partial charge in [0.25, 0.3) is 0 Å². The highest BCUT2D eigenvalue weighted by atomic mass is 19.1. The lowest BCUT2D eigenvalue weighted by molar-refractivity contribution is 0.194. The molecule has 0 amide bonds. The molecule has 1 N–H and O–H groups in total. The molecule has 0 saturated carbocycles. The zero-order valence-corrected chi connectivity index (χ0v) is 13.2. The number of ether oxygens (including phenoxy) is 1. The van der Waals surface area contributed by atoms with E-state index in [4.69, 9.17) is 9.84 Å². The molecule has 130 valence electrons. The Kier molecular flexibility index (Phi) is 5.27. The molecule has 0 radical (unpaired) electrons. The molecule has 1 aliphatic heterocycles. The van der Waals surface area contributed by atoms with E-state index in [1.165, 1.54) is 0 Å². The summed E-state index contributed by atoms with van der Waals surface area (Å²) in [6, 6.07) is 4.18. The van der Waals surface area contributed by atoms with E-state index in [-0.39, 0.29) is 24.7 Å². The number of hydrogen-bond donors (Lipinski definition) is 1. The van der Waals surface area contributed by atoms with Crippen molar-refractivity contribution in [1.82, 2.24) is 14.7 Å². The number of halogens is 2. The number of aliphatic hydroxyl groups excluding tert-OH is 1. The highest BCUT2D eigenvalue weighted by Gasteiger charge is 2.23. The van der Waals surface area contributed by atoms with Crippen LogP contribution in [0.3, 0.4) is 0 Å². The molecular formula is C16H20F2N4O2. The van der Waals surface area contributed by atoms with Crippen LogP contribution in [0.2, 0.25) is 0 Å². The van der Waals surface area contributed by atoms with Gasteiger partial charge in [0.05, 0.1) is 13.3 Å². The molecule has 1 aliphatic rings. The van der Waals surface area contributed by atoms with Crippen LogP contribution < -0.4 is 9.64 Å². The van der Waals surface area contributed by atoms with Gasteiger partial charge in [0.1, 0.15) is 18.0 Å². The second-order valence-electron chi connectivity index (χ2n) is 5.60. The molecule has 1 saturated heterocycles. The summed E-state index contributed by atoms with van der Waals surface area (Å²) in [4.78, 5) is 3.89. The highest BCUT2D eigenvalue weighted by molar-refractivity contribution is 5.52. The van der Waals surface area contributed by atoms with E-state index in [2.05, 4.69) is 10.00 Å². The topological polar surface area (TPSA) is 53.8 Å². The number of hydrogen-bond acceptors (Lipinski definition) is 5. The van der Waals surface area contributed by atoms with E-state index in [1.54, 1.807) is 11.1 Å². The van der Waals surface area contributed by atoms with Crippen molar-refractivity contribution in [3.05, 3.63) is 42.2 Å². The van der Waals surface area contributed by atoms with E-state index in [1.807, 2.05) is 16.9 Å². The van der Waals surface area contributed by atoms with Crippen LogP contribution in [0.5, 0.6) is 5.75 Å². The zero-order valence-electron chi connectivity index (χ0n) is 13.2. The molecule has 0 bridgehead atoms. The molecule has 2 heterocycles. The summed E-state index contributed by atoms with van der Waals surface area (Å²) in [6.07, 6.45) is 3.61. The largest absolute Gasteiger partial charge is 0.491 e. The maximum atomic E-state index is 14.3. The van der Waals surface area contributed by atoms with Crippen LogP contribution in [0.15, 0.2) is 30.6 Å². The SMILES string of the molecule is OCCOc1cc(F)c(N2CCN(Cn3cccn3)CC2)c(F)c1. The van der Waals surface area contributed by atoms with Crippen molar-refractivity contribution in [3.63, 3.8) is 0 Å². The quantitative estimate of drug-likeness (QED) is 0.861. The zero-order chi connectivity index (χ0) is 16.9. The number of benzene rings is 1. The van der Waals surface area contributed by atoms with Crippen molar-refractivity contribution in [1.29, 1.82) is 0 Å². The van der Waals surface area contributed by atoms with Gasteiger partial charge in [-0.15, -0.1) is 0 Å². The van der Waals surface area contributed by atoms with Crippen molar-refractivity contribution in [2.24, 2.45) is 0 Å². The molecule has 1 aromatic carbocycles. The van der Waals surface area contributed by atoms with Crippen molar-refractivity contribution >= 4 is 5.69 Å². The molecule has 0 aliphatic carbocycles. The third-order valence-corrected chi connectivity index (χ3v) is 3.94. The molecule has 2 aromatic rings. The Bertz CT molecular complexity index is 635. The summed E-state index contributed by atoms with van der Waals surface area (Å²) in [5.74, 6) is -1.22. The minimum Gasteiger partial charge on any atom is -0.491 e. The summed E-state index contributed by atoms with van der Waals surface area (Å²) in [6.45, 7) is 2.92. The minimum absolute atomic E-state index is 0.00429. The maximum Gasteiger partial charge on any atom is 0.153 e. The van der Waals surface area contributed by atoms with Crippen molar-refractivity contribution in [2.45, 2.75) is 6.67 Å². The first-order chi connectivity index (χ1) is 11.7. The first-order valence-corrected chi connectivity index (χ1v) is 7.85. The summed E-state index contributed by atoms with van der Waals surface area (Å²) < 4.78 is 35.4. The third-order valence-electron chi connectivity index (χ3n) is 3.94. The fourth-order valence-electron chi connectivity index (χ4n) is 2.79. The number of piperazine rings is 1. The Balaban J connectivity index is 1.63. The number of anilines is 1. The highest BCUT2D eigenvalue weighted by Crippen LogP contribution is 2.29. The van der Waals surface area contributed by atoms with Gasteiger partial charge >= 0.3 is 0 Å². The molecule has 8 heteroatoms. The molecule has 0 spiro atoms. The molecule has 6 nitrogen and oxygen atoms in total. The van der Waals surface area contributed by atoms with Gasteiger partial charge in [-0.3, -0.25) is 9.58 Å². The molecule has 3 rings (SSSR count). The number of aliphatic hydroxyl groups is 1. The molecule has 1 fully saturated rings. The normalized spacial score (nSPS) is 15.7. The van der Waals surface area contributed by atoms with Crippen LogP contribution in [0, 0.1) is 11.6 Å². The van der Waals surface area contributed by atoms with Crippen LogP contribution in [-0.4, -0.2) is 59.2 Å². The predicted octanol–water partition coefficient (Wildman–Crippen LogP) is 1.31. The molecule has 0 atom stereocenters. The van der Waals surface area contributed by atoms with Gasteiger partial charge in [-0.05, 0) is 6.07 Å². The van der Waals surface area contributed by atoms with E-state index in [0.717, 1.165) is 12.1 Å². The summed E-state index contributed by atoms with van der Waals surface area (Å²) in [5.41, 5.74) is -0.0231. The molecule has 24 heavy (non-hydrogen) atoms. The van der Waals surface area contributed by atoms with E-state index < -0.39 is 11.6 Å². The van der Waals surface area contributed by atoms with Gasteiger partial charge in [0, 0.05) is 50.7 Å². The van der Waals surface area contributed by atoms with Gasteiger partial charge < -0.3 is 14.7 Å². The van der Waals surface area contributed by atoms with E-state index >= 15 is 0 Å². The third kappa shape index (κ3) is 3.82. The first-order valence-electron chi connectivity index (χ1n) is 7.85. The molecular weight excluding hydrogens is 318 g/mol. The standard InChI is InChI=1S/C16H20F2N4O2/c17-14-10-13(24-9-8-23)11-15(18)16(14)21-6-4-20(5-7-21)12-22-3-1-2-19-22/h1-3,10-11,23H,4-9,12H2. The Hall–Kier alpha value is -2.19. The van der Waals surface area contributed by atoms with Gasteiger partial charge in [0.15, 0.2) is 11.6 Å². The lowest BCUT2D eigenvalue weighted by Gasteiger charge is -2.36. The van der Waals surface area contributed by atoms with Gasteiger partial charge in [-0.25, -0.2) is 8.78 Å². The van der Waals surface area contributed by atoms with Crippen LogP contribution in [0.25, 0.3) is 0 Å². The van der Waals surface area contributed by atoms with Gasteiger partial charge in [-0.1, -0.05) is 0 Å². The molecule has 0 unspecified atom stereocenters. The van der Waals surface area contributed by atoms with Crippen LogP contribution in [0.1, 0.15) is 0 Å². The maximum absolute atomic E-state index is 14.3. The second-order valence-corrected chi connectivity index (χ2v) is 5.60. The summed E-state index contributed by atoms with van der Waals surface area (Å²) in [5, 5.41) is 12.9. The van der Waals surface area contributed by atoms with Gasteiger partial charge in [-0.2, -0.15) is 5.10 Å². The Morgan fingerprint density at radius 1 is 1.12 bits per heavy atom. The number of nitrogens with zero attached hydrogens (tertiary/aromatic N) is 4. The monoisotopic (exact) mass is 338 g/mol. The Labute approximate surface area is 138 Å². The predicted molar refractivity (Wildman–Crippen MR) is 85.0 cm³/mol. The van der Waals surface area contributed by atoms with Crippen LogP contribution in [0.4, 0.5) is 14.5 Å². The summed E-state index contributed by atoms with van der Waals surface area (Å²) in [7, 11) is 0. The fourth-order valence-corrected chi connectivity index (χ4v) is 2.79. The first kappa shape index (κ1) is 16.7.